The summed E-state index contributed by atoms with van der Waals surface area (Å²) in [6.07, 6.45) is 3.12. The highest BCUT2D eigenvalue weighted by molar-refractivity contribution is 5.47. The van der Waals surface area contributed by atoms with Crippen molar-refractivity contribution in [3.8, 4) is 0 Å². The number of rotatable bonds is 2. The minimum Gasteiger partial charge on any atom is -0.354 e. The van der Waals surface area contributed by atoms with Gasteiger partial charge in [0.1, 0.15) is 0 Å². The second-order valence-corrected chi connectivity index (χ2v) is 4.25. The molecule has 2 atom stereocenters. The van der Waals surface area contributed by atoms with Crippen LogP contribution in [-0.4, -0.2) is 23.3 Å². The molecule has 4 nitrogen and oxygen atoms in total. The molecule has 2 heterocycles. The fourth-order valence-electron chi connectivity index (χ4n) is 2.35. The van der Waals surface area contributed by atoms with Crippen LogP contribution < -0.4 is 10.6 Å². The van der Waals surface area contributed by atoms with Crippen molar-refractivity contribution >= 4 is 5.82 Å². The third kappa shape index (κ3) is 1.18. The zero-order valence-electron chi connectivity index (χ0n) is 8.06. The summed E-state index contributed by atoms with van der Waals surface area (Å²) >= 11 is 0. The lowest BCUT2D eigenvalue weighted by molar-refractivity contribution is 0.779. The summed E-state index contributed by atoms with van der Waals surface area (Å²) in [5.74, 6) is 2.84. The molecule has 1 saturated carbocycles. The van der Waals surface area contributed by atoms with Crippen LogP contribution in [0.1, 0.15) is 12.0 Å². The number of hydrogen-bond donors (Lipinski definition) is 1. The Labute approximate surface area is 83.1 Å². The lowest BCUT2D eigenvalue weighted by atomic mass is 10.2. The van der Waals surface area contributed by atoms with Gasteiger partial charge in [0.2, 0.25) is 0 Å². The normalized spacial score (nSPS) is 29.1. The van der Waals surface area contributed by atoms with E-state index >= 15 is 0 Å². The first kappa shape index (κ1) is 8.17. The smallest absolute Gasteiger partial charge is 0.155 e. The second-order valence-electron chi connectivity index (χ2n) is 4.25. The number of anilines is 1. The summed E-state index contributed by atoms with van der Waals surface area (Å²) in [5, 5.41) is 8.11. The van der Waals surface area contributed by atoms with Crippen LogP contribution in [0.25, 0.3) is 0 Å². The molecular weight excluding hydrogens is 176 g/mol. The molecule has 0 spiro atoms. The third-order valence-corrected chi connectivity index (χ3v) is 3.28. The van der Waals surface area contributed by atoms with Crippen molar-refractivity contribution < 1.29 is 0 Å². The molecule has 1 aromatic rings. The summed E-state index contributed by atoms with van der Waals surface area (Å²) in [4.78, 5) is 2.33. The van der Waals surface area contributed by atoms with Crippen molar-refractivity contribution in [3.63, 3.8) is 0 Å². The van der Waals surface area contributed by atoms with Gasteiger partial charge in [0.25, 0.3) is 0 Å². The number of nitrogens with two attached hydrogens (primary N) is 1. The Bertz CT molecular complexity index is 342. The van der Waals surface area contributed by atoms with Crippen molar-refractivity contribution in [3.05, 3.63) is 17.8 Å². The van der Waals surface area contributed by atoms with E-state index in [-0.39, 0.29) is 0 Å². The van der Waals surface area contributed by atoms with Gasteiger partial charge in [-0.05, 0) is 24.3 Å². The molecule has 1 aliphatic carbocycles. The predicted octanol–water partition coefficient (Wildman–Crippen LogP) is 0.391. The SMILES string of the molecule is NCc1ccnnc1N1CC2CC2C1. The Balaban J connectivity index is 1.87. The molecule has 0 aromatic carbocycles. The molecule has 74 valence electrons. The van der Waals surface area contributed by atoms with Crippen LogP contribution in [-0.2, 0) is 6.54 Å². The standard InChI is InChI=1S/C10H14N4/c11-4-7-1-2-12-13-10(7)14-5-8-3-9(8)6-14/h1-2,8-9H,3-6,11H2. The minimum absolute atomic E-state index is 0.552. The average molecular weight is 190 g/mol. The van der Waals surface area contributed by atoms with Crippen LogP contribution in [0, 0.1) is 11.8 Å². The van der Waals surface area contributed by atoms with Crippen molar-refractivity contribution in [1.29, 1.82) is 0 Å². The Kier molecular flexibility index (Phi) is 1.70. The van der Waals surface area contributed by atoms with Crippen LogP contribution in [0.4, 0.5) is 5.82 Å². The Morgan fingerprint density at radius 2 is 2.21 bits per heavy atom. The molecule has 3 rings (SSSR count). The van der Waals surface area contributed by atoms with Crippen LogP contribution >= 0.6 is 0 Å². The Morgan fingerprint density at radius 3 is 2.93 bits per heavy atom. The molecule has 14 heavy (non-hydrogen) atoms. The molecular formula is C10H14N4. The molecule has 2 N–H and O–H groups in total. The van der Waals surface area contributed by atoms with E-state index in [4.69, 9.17) is 5.73 Å². The highest BCUT2D eigenvalue weighted by Crippen LogP contribution is 2.46. The summed E-state index contributed by atoms with van der Waals surface area (Å²) in [5.41, 5.74) is 6.78. The maximum absolute atomic E-state index is 5.67. The molecule has 2 unspecified atom stereocenters. The summed E-state index contributed by atoms with van der Waals surface area (Å²) in [6.45, 7) is 2.85. The molecule has 0 amide bonds. The zero-order valence-corrected chi connectivity index (χ0v) is 8.06. The Hall–Kier alpha value is -1.16. The van der Waals surface area contributed by atoms with E-state index in [1.54, 1.807) is 6.20 Å². The number of piperidine rings is 1. The van der Waals surface area contributed by atoms with E-state index in [9.17, 15) is 0 Å². The molecule has 1 aliphatic heterocycles. The van der Waals surface area contributed by atoms with E-state index in [1.807, 2.05) is 6.07 Å². The van der Waals surface area contributed by atoms with Gasteiger partial charge in [-0.25, -0.2) is 0 Å². The zero-order chi connectivity index (χ0) is 9.54. The van der Waals surface area contributed by atoms with Crippen LogP contribution in [0.3, 0.4) is 0 Å². The fourth-order valence-corrected chi connectivity index (χ4v) is 2.35. The van der Waals surface area contributed by atoms with Crippen molar-refractivity contribution in [2.45, 2.75) is 13.0 Å². The first-order chi connectivity index (χ1) is 6.88. The van der Waals surface area contributed by atoms with Gasteiger partial charge in [0.05, 0.1) is 6.20 Å². The lowest BCUT2D eigenvalue weighted by Gasteiger charge is -2.20. The summed E-state index contributed by atoms with van der Waals surface area (Å²) < 4.78 is 0. The number of hydrogen-bond acceptors (Lipinski definition) is 4. The van der Waals surface area contributed by atoms with E-state index < -0.39 is 0 Å². The van der Waals surface area contributed by atoms with Gasteiger partial charge in [0, 0.05) is 25.2 Å². The highest BCUT2D eigenvalue weighted by atomic mass is 15.3. The maximum atomic E-state index is 5.67. The van der Waals surface area contributed by atoms with Gasteiger partial charge in [-0.2, -0.15) is 5.10 Å². The van der Waals surface area contributed by atoms with Gasteiger partial charge in [-0.1, -0.05) is 0 Å². The van der Waals surface area contributed by atoms with E-state index in [2.05, 4.69) is 15.1 Å². The van der Waals surface area contributed by atoms with Crippen molar-refractivity contribution in [2.75, 3.05) is 18.0 Å². The van der Waals surface area contributed by atoms with Gasteiger partial charge in [-0.3, -0.25) is 0 Å². The van der Waals surface area contributed by atoms with E-state index in [0.29, 0.717) is 6.54 Å². The monoisotopic (exact) mass is 190 g/mol. The van der Waals surface area contributed by atoms with Crippen LogP contribution in [0.5, 0.6) is 0 Å². The second kappa shape index (κ2) is 2.92. The molecule has 4 heteroatoms. The first-order valence-electron chi connectivity index (χ1n) is 5.14. The minimum atomic E-state index is 0.552. The fraction of sp³-hybridized carbons (Fsp3) is 0.600. The first-order valence-corrected chi connectivity index (χ1v) is 5.14. The largest absolute Gasteiger partial charge is 0.354 e. The van der Waals surface area contributed by atoms with Crippen LogP contribution in [0.15, 0.2) is 12.3 Å². The molecule has 0 bridgehead atoms. The molecule has 2 fully saturated rings. The number of nitrogens with zero attached hydrogens (tertiary/aromatic N) is 3. The summed E-state index contributed by atoms with van der Waals surface area (Å²) in [6, 6.07) is 1.96. The predicted molar refractivity (Wildman–Crippen MR) is 53.7 cm³/mol. The third-order valence-electron chi connectivity index (χ3n) is 3.28. The van der Waals surface area contributed by atoms with Crippen LogP contribution in [0.2, 0.25) is 0 Å². The van der Waals surface area contributed by atoms with E-state index in [0.717, 1.165) is 36.3 Å². The lowest BCUT2D eigenvalue weighted by Crippen LogP contribution is -2.25. The summed E-state index contributed by atoms with van der Waals surface area (Å²) in [7, 11) is 0. The van der Waals surface area contributed by atoms with E-state index in [1.165, 1.54) is 6.42 Å². The highest BCUT2D eigenvalue weighted by Gasteiger charge is 2.45. The molecule has 1 saturated heterocycles. The van der Waals surface area contributed by atoms with Gasteiger partial charge in [-0.15, -0.1) is 5.10 Å². The topological polar surface area (TPSA) is 55.0 Å². The Morgan fingerprint density at radius 1 is 1.43 bits per heavy atom. The van der Waals surface area contributed by atoms with Gasteiger partial charge >= 0.3 is 0 Å². The number of fused-ring (bicyclic) bond motifs is 1. The number of aromatic nitrogens is 2. The van der Waals surface area contributed by atoms with Crippen molar-refractivity contribution in [2.24, 2.45) is 17.6 Å². The molecule has 0 radical (unpaired) electrons. The van der Waals surface area contributed by atoms with Gasteiger partial charge in [0.15, 0.2) is 5.82 Å². The quantitative estimate of drug-likeness (QED) is 0.733. The maximum Gasteiger partial charge on any atom is 0.155 e. The molecule has 1 aromatic heterocycles. The van der Waals surface area contributed by atoms with Gasteiger partial charge < -0.3 is 10.6 Å². The average Bonchev–Trinajstić information content (AvgIpc) is 2.86. The molecule has 2 aliphatic rings. The van der Waals surface area contributed by atoms with Crippen molar-refractivity contribution in [1.82, 2.24) is 10.2 Å².